The Morgan fingerprint density at radius 1 is 0.854 bits per heavy atom. The third-order valence-electron chi connectivity index (χ3n) is 7.52. The van der Waals surface area contributed by atoms with Crippen molar-refractivity contribution in [2.75, 3.05) is 10.8 Å². The standard InChI is InChI=1S/C36H37ClF3N3O4S/c1-25-13-11-12-16-27(25)23-42(32(34(45)41-35(2,3)4)21-26-14-7-5-8-15-26)33(44)24-43(48(46,47)29-17-9-6-10-18-29)31-22-28(36(38,39)40)19-20-30(31)37/h5-20,22,32H,21,23-24H2,1-4H3,(H,41,45)/t32-/m1/s1. The number of alkyl halides is 3. The van der Waals surface area contributed by atoms with Crippen molar-refractivity contribution in [3.63, 3.8) is 0 Å². The van der Waals surface area contributed by atoms with Crippen LogP contribution in [0.15, 0.2) is 108 Å². The van der Waals surface area contributed by atoms with Gasteiger partial charge in [-0.05, 0) is 74.7 Å². The monoisotopic (exact) mass is 699 g/mol. The zero-order chi connectivity index (χ0) is 35.3. The molecule has 7 nitrogen and oxygen atoms in total. The second-order valence-electron chi connectivity index (χ2n) is 12.4. The molecule has 0 aliphatic rings. The van der Waals surface area contributed by atoms with E-state index in [1.54, 1.807) is 51.1 Å². The Morgan fingerprint density at radius 3 is 2.02 bits per heavy atom. The smallest absolute Gasteiger partial charge is 0.350 e. The highest BCUT2D eigenvalue weighted by Crippen LogP contribution is 2.37. The fourth-order valence-corrected chi connectivity index (χ4v) is 6.81. The fourth-order valence-electron chi connectivity index (χ4n) is 5.09. The topological polar surface area (TPSA) is 86.8 Å². The van der Waals surface area contributed by atoms with Gasteiger partial charge in [-0.25, -0.2) is 8.42 Å². The van der Waals surface area contributed by atoms with Gasteiger partial charge >= 0.3 is 6.18 Å². The molecule has 12 heteroatoms. The van der Waals surface area contributed by atoms with Gasteiger partial charge < -0.3 is 10.2 Å². The minimum Gasteiger partial charge on any atom is -0.350 e. The third kappa shape index (κ3) is 9.17. The first-order chi connectivity index (χ1) is 22.5. The minimum atomic E-state index is -4.83. The molecule has 4 aromatic carbocycles. The van der Waals surface area contributed by atoms with Crippen molar-refractivity contribution in [2.24, 2.45) is 0 Å². The highest BCUT2D eigenvalue weighted by Gasteiger charge is 2.38. The Kier molecular flexibility index (Phi) is 11.3. The van der Waals surface area contributed by atoms with E-state index >= 15 is 0 Å². The van der Waals surface area contributed by atoms with Gasteiger partial charge in [-0.2, -0.15) is 13.2 Å². The number of carbonyl (C=O) groups excluding carboxylic acids is 2. The zero-order valence-corrected chi connectivity index (χ0v) is 28.5. The fraction of sp³-hybridized carbons (Fsp3) is 0.278. The highest BCUT2D eigenvalue weighted by atomic mass is 35.5. The van der Waals surface area contributed by atoms with Crippen LogP contribution in [-0.4, -0.2) is 43.3 Å². The number of carbonyl (C=O) groups is 2. The number of rotatable bonds is 11. The molecule has 0 aliphatic heterocycles. The summed E-state index contributed by atoms with van der Waals surface area (Å²) in [5.41, 5.74) is -0.104. The van der Waals surface area contributed by atoms with Gasteiger partial charge in [0.1, 0.15) is 12.6 Å². The van der Waals surface area contributed by atoms with E-state index in [4.69, 9.17) is 11.6 Å². The van der Waals surface area contributed by atoms with E-state index in [0.717, 1.165) is 23.3 Å². The van der Waals surface area contributed by atoms with Gasteiger partial charge in [-0.1, -0.05) is 84.4 Å². The van der Waals surface area contributed by atoms with E-state index in [2.05, 4.69) is 5.32 Å². The molecule has 2 amide bonds. The Balaban J connectivity index is 1.89. The van der Waals surface area contributed by atoms with Crippen molar-refractivity contribution in [3.05, 3.63) is 130 Å². The molecule has 254 valence electrons. The highest BCUT2D eigenvalue weighted by molar-refractivity contribution is 7.92. The molecule has 1 N–H and O–H groups in total. The number of halogens is 4. The molecule has 0 aliphatic carbocycles. The van der Waals surface area contributed by atoms with E-state index < -0.39 is 57.4 Å². The largest absolute Gasteiger partial charge is 0.416 e. The Labute approximate surface area is 284 Å². The molecule has 0 unspecified atom stereocenters. The average molecular weight is 700 g/mol. The van der Waals surface area contributed by atoms with Gasteiger partial charge in [0.05, 0.1) is 21.2 Å². The number of hydrogen-bond acceptors (Lipinski definition) is 4. The van der Waals surface area contributed by atoms with E-state index in [0.29, 0.717) is 15.9 Å². The lowest BCUT2D eigenvalue weighted by atomic mass is 10.00. The number of hydrogen-bond donors (Lipinski definition) is 1. The molecule has 0 heterocycles. The second-order valence-corrected chi connectivity index (χ2v) is 14.7. The van der Waals surface area contributed by atoms with Crippen LogP contribution in [0.25, 0.3) is 0 Å². The van der Waals surface area contributed by atoms with Gasteiger partial charge in [0, 0.05) is 18.5 Å². The van der Waals surface area contributed by atoms with Crippen LogP contribution in [-0.2, 0) is 38.8 Å². The summed E-state index contributed by atoms with van der Waals surface area (Å²) in [6.07, 6.45) is -4.75. The molecule has 1 atom stereocenters. The molecule has 0 saturated heterocycles. The first-order valence-electron chi connectivity index (χ1n) is 15.1. The summed E-state index contributed by atoms with van der Waals surface area (Å²) >= 11 is 6.38. The summed E-state index contributed by atoms with van der Waals surface area (Å²) in [5.74, 6) is -1.31. The van der Waals surface area contributed by atoms with Gasteiger partial charge in [-0.3, -0.25) is 13.9 Å². The summed E-state index contributed by atoms with van der Waals surface area (Å²) in [7, 11) is -4.65. The maximum atomic E-state index is 14.6. The number of nitrogens with one attached hydrogen (secondary N) is 1. The van der Waals surface area contributed by atoms with E-state index in [1.165, 1.54) is 29.2 Å². The Bertz CT molecular complexity index is 1850. The Hall–Kier alpha value is -4.35. The van der Waals surface area contributed by atoms with Crippen LogP contribution >= 0.6 is 11.6 Å². The normalized spacial score (nSPS) is 12.7. The molecule has 0 fully saturated rings. The number of aryl methyl sites for hydroxylation is 1. The van der Waals surface area contributed by atoms with Gasteiger partial charge in [0.25, 0.3) is 10.0 Å². The van der Waals surface area contributed by atoms with Crippen molar-refractivity contribution in [2.45, 2.75) is 63.3 Å². The number of nitrogens with zero attached hydrogens (tertiary/aromatic N) is 2. The van der Waals surface area contributed by atoms with E-state index in [1.807, 2.05) is 37.3 Å². The summed E-state index contributed by atoms with van der Waals surface area (Å²) < 4.78 is 70.4. The zero-order valence-electron chi connectivity index (χ0n) is 27.0. The number of anilines is 1. The lowest BCUT2D eigenvalue weighted by Gasteiger charge is -2.35. The van der Waals surface area contributed by atoms with Crippen molar-refractivity contribution in [1.82, 2.24) is 10.2 Å². The minimum absolute atomic E-state index is 0.0795. The molecule has 48 heavy (non-hydrogen) atoms. The van der Waals surface area contributed by atoms with Gasteiger partial charge in [-0.15, -0.1) is 0 Å². The van der Waals surface area contributed by atoms with Crippen molar-refractivity contribution in [3.8, 4) is 0 Å². The SMILES string of the molecule is Cc1ccccc1CN(C(=O)CN(c1cc(C(F)(F)F)ccc1Cl)S(=O)(=O)c1ccccc1)[C@H](Cc1ccccc1)C(=O)NC(C)(C)C. The van der Waals surface area contributed by atoms with Crippen LogP contribution in [0, 0.1) is 6.92 Å². The van der Waals surface area contributed by atoms with E-state index in [-0.39, 0.29) is 22.9 Å². The van der Waals surface area contributed by atoms with Crippen molar-refractivity contribution >= 4 is 39.1 Å². The van der Waals surface area contributed by atoms with Crippen molar-refractivity contribution < 1.29 is 31.2 Å². The molecular formula is C36H37ClF3N3O4S. The van der Waals surface area contributed by atoms with E-state index in [9.17, 15) is 31.2 Å². The number of benzene rings is 4. The van der Waals surface area contributed by atoms with Crippen LogP contribution in [0.4, 0.5) is 18.9 Å². The molecule has 0 spiro atoms. The molecule has 0 radical (unpaired) electrons. The van der Waals surface area contributed by atoms with Crippen molar-refractivity contribution in [1.29, 1.82) is 0 Å². The molecular weight excluding hydrogens is 663 g/mol. The maximum Gasteiger partial charge on any atom is 0.416 e. The van der Waals surface area contributed by atoms with Crippen LogP contribution in [0.1, 0.15) is 43.0 Å². The van der Waals surface area contributed by atoms with Gasteiger partial charge in [0.2, 0.25) is 11.8 Å². The van der Waals surface area contributed by atoms with Gasteiger partial charge in [0.15, 0.2) is 0 Å². The van der Waals surface area contributed by atoms with Crippen LogP contribution in [0.3, 0.4) is 0 Å². The molecule has 0 bridgehead atoms. The summed E-state index contributed by atoms with van der Waals surface area (Å²) in [6, 6.07) is 24.5. The summed E-state index contributed by atoms with van der Waals surface area (Å²) in [5, 5.41) is 2.63. The van der Waals surface area contributed by atoms with Crippen LogP contribution < -0.4 is 9.62 Å². The van der Waals surface area contributed by atoms with Crippen LogP contribution in [0.5, 0.6) is 0 Å². The quantitative estimate of drug-likeness (QED) is 0.177. The first-order valence-corrected chi connectivity index (χ1v) is 16.9. The maximum absolute atomic E-state index is 14.6. The molecule has 4 rings (SSSR count). The molecule has 4 aromatic rings. The lowest BCUT2D eigenvalue weighted by Crippen LogP contribution is -2.56. The number of amides is 2. The predicted molar refractivity (Wildman–Crippen MR) is 181 cm³/mol. The second kappa shape index (κ2) is 14.8. The molecule has 0 saturated carbocycles. The predicted octanol–water partition coefficient (Wildman–Crippen LogP) is 7.42. The first kappa shape index (κ1) is 36.5. The third-order valence-corrected chi connectivity index (χ3v) is 9.62. The molecule has 0 aromatic heterocycles. The summed E-state index contributed by atoms with van der Waals surface area (Å²) in [4.78, 5) is 29.6. The Morgan fingerprint density at radius 2 is 1.44 bits per heavy atom. The lowest BCUT2D eigenvalue weighted by molar-refractivity contribution is -0.140. The average Bonchev–Trinajstić information content (AvgIpc) is 3.02. The summed E-state index contributed by atoms with van der Waals surface area (Å²) in [6.45, 7) is 6.19. The van der Waals surface area contributed by atoms with Crippen LogP contribution in [0.2, 0.25) is 5.02 Å². The number of sulfonamides is 1.